The molecule has 208 valence electrons. The first kappa shape index (κ1) is 23.9. The Morgan fingerprint density at radius 1 is 0.838 bits per heavy atom. The highest BCUT2D eigenvalue weighted by Crippen LogP contribution is 2.37. The smallest absolute Gasteiger partial charge is 0.399 e. The van der Waals surface area contributed by atoms with Crippen LogP contribution in [-0.2, 0) is 36.4 Å². The first-order valence-corrected chi connectivity index (χ1v) is 13.1. The Bertz CT molecular complexity index is 1140. The van der Waals surface area contributed by atoms with Crippen LogP contribution in [0.15, 0.2) is 24.8 Å². The van der Waals surface area contributed by atoms with Crippen LogP contribution in [0, 0.1) is 0 Å². The molecule has 13 heteroatoms. The van der Waals surface area contributed by atoms with E-state index in [1.807, 2.05) is 61.6 Å². The zero-order valence-electron chi connectivity index (χ0n) is 28.9. The molecule has 2 aromatic heterocycles. The summed E-state index contributed by atoms with van der Waals surface area (Å²) in [5.41, 5.74) is 0.224. The van der Waals surface area contributed by atoms with E-state index in [1.165, 1.54) is 22.6 Å². The summed E-state index contributed by atoms with van der Waals surface area (Å²) in [6.07, 6.45) is 7.01. The van der Waals surface area contributed by atoms with Gasteiger partial charge in [-0.2, -0.15) is 10.2 Å². The highest BCUT2D eigenvalue weighted by Gasteiger charge is 2.53. The van der Waals surface area contributed by atoms with Crippen molar-refractivity contribution >= 4 is 47.8 Å². The minimum absolute atomic E-state index is 0.0704. The van der Waals surface area contributed by atoms with Crippen LogP contribution < -0.4 is 10.9 Å². The van der Waals surface area contributed by atoms with Crippen molar-refractivity contribution in [2.75, 3.05) is 25.1 Å². The monoisotopic (exact) mass is 638 g/mol. The van der Waals surface area contributed by atoms with Gasteiger partial charge in [-0.1, -0.05) is 22.6 Å². The van der Waals surface area contributed by atoms with Gasteiger partial charge < -0.3 is 28.5 Å². The second-order valence-corrected chi connectivity index (χ2v) is 10.8. The van der Waals surface area contributed by atoms with Crippen molar-refractivity contribution < 1.29 is 36.7 Å². The van der Waals surface area contributed by atoms with Gasteiger partial charge in [0.05, 0.1) is 52.8 Å². The van der Waals surface area contributed by atoms with E-state index in [0.717, 1.165) is 10.9 Å². The van der Waals surface area contributed by atoms with E-state index in [0.29, 0.717) is 13.1 Å². The van der Waals surface area contributed by atoms with Crippen molar-refractivity contribution in [3.05, 3.63) is 24.8 Å². The number of rotatable bonds is 7. The Hall–Kier alpha value is -0.960. The van der Waals surface area contributed by atoms with Crippen LogP contribution in [0.2, 0.25) is 0 Å². The summed E-state index contributed by atoms with van der Waals surface area (Å²) in [6, 6.07) is 0. The predicted molar refractivity (Wildman–Crippen MR) is 155 cm³/mol. The van der Waals surface area contributed by atoms with E-state index in [-0.39, 0.29) is 31.5 Å². The quantitative estimate of drug-likeness (QED) is 0.280. The van der Waals surface area contributed by atoms with Gasteiger partial charge in [0.1, 0.15) is 0 Å². The molecule has 2 aromatic rings. The van der Waals surface area contributed by atoms with Crippen LogP contribution in [-0.4, -0.2) is 86.4 Å². The predicted octanol–water partition coefficient (Wildman–Crippen LogP) is 2.05. The lowest BCUT2D eigenvalue weighted by Crippen LogP contribution is -2.41. The average molecular weight is 638 g/mol. The highest BCUT2D eigenvalue weighted by atomic mass is 127. The second-order valence-electron chi connectivity index (χ2n) is 10.8. The number of methoxy groups -OCH3 is 1. The lowest BCUT2D eigenvalue weighted by atomic mass is 9.82. The lowest BCUT2D eigenvalue weighted by molar-refractivity contribution is 0.00578. The summed E-state index contributed by atoms with van der Waals surface area (Å²) in [6.45, 7) is 17.0. The molecule has 4 heterocycles. The molecule has 10 nitrogen and oxygen atoms in total. The average Bonchev–Trinajstić information content (AvgIpc) is 3.53. The summed E-state index contributed by atoms with van der Waals surface area (Å²) in [4.78, 5) is -1.78. The number of ether oxygens (including phenoxy) is 1. The number of hydrogen-bond donors (Lipinski definition) is 1. The Morgan fingerprint density at radius 2 is 1.22 bits per heavy atom. The molecule has 2 aliphatic rings. The number of aromatic nitrogens is 4. The molecule has 0 unspecified atom stereocenters. The highest BCUT2D eigenvalue weighted by molar-refractivity contribution is 14.1. The molecule has 2 aliphatic heterocycles. The molecule has 0 amide bonds. The van der Waals surface area contributed by atoms with Crippen molar-refractivity contribution in [2.24, 2.45) is 0 Å². The first-order chi connectivity index (χ1) is 19.4. The fourth-order valence-corrected chi connectivity index (χ4v) is 3.45. The van der Waals surface area contributed by atoms with Crippen molar-refractivity contribution in [2.45, 2.75) is 90.9 Å². The maximum atomic E-state index is 8.84. The van der Waals surface area contributed by atoms with Crippen LogP contribution in [0.4, 0.5) is 0 Å². The van der Waals surface area contributed by atoms with Crippen LogP contribution in [0.3, 0.4) is 0 Å². The van der Waals surface area contributed by atoms with Crippen LogP contribution in [0.1, 0.15) is 63.6 Å². The van der Waals surface area contributed by atoms with Crippen LogP contribution >= 0.6 is 22.6 Å². The maximum Gasteiger partial charge on any atom is 0.498 e. The molecule has 0 bridgehead atoms. The number of nitrogens with zero attached hydrogens (tertiary/aromatic N) is 4. The summed E-state index contributed by atoms with van der Waals surface area (Å²) in [7, 11) is -3.22. The topological polar surface area (TPSA) is 102 Å². The first-order valence-electron chi connectivity index (χ1n) is 15.1. The van der Waals surface area contributed by atoms with E-state index in [1.54, 1.807) is 28.0 Å². The molecule has 37 heavy (non-hydrogen) atoms. The SMILES string of the molecule is CC1(C)OB(c2cnn(CCO)c2)OC1(C)C.[2H]C([2H])([2H])I.[2H]C([2H])([2H])OCCn1cc(B2OC(C)(C)C(C)(C)O2)cn1. The molecule has 2 fully saturated rings. The summed E-state index contributed by atoms with van der Waals surface area (Å²) in [5, 5.41) is 17.1. The minimum Gasteiger partial charge on any atom is -0.399 e. The van der Waals surface area contributed by atoms with Crippen LogP contribution in [0.25, 0.3) is 0 Å². The molecule has 0 radical (unpaired) electrons. The number of halogens is 1. The Labute approximate surface area is 244 Å². The zero-order chi connectivity index (χ0) is 33.1. The van der Waals surface area contributed by atoms with Gasteiger partial charge in [-0.25, -0.2) is 0 Å². The molecular formula is C24H43B2IN4O6. The van der Waals surface area contributed by atoms with Crippen molar-refractivity contribution in [1.82, 2.24) is 19.6 Å². The van der Waals surface area contributed by atoms with Gasteiger partial charge in [0.2, 0.25) is 0 Å². The molecule has 0 spiro atoms. The Morgan fingerprint density at radius 3 is 1.57 bits per heavy atom. The molecule has 0 saturated carbocycles. The Kier molecular flexibility index (Phi) is 8.35. The molecule has 0 aliphatic carbocycles. The molecule has 4 rings (SSSR count). The molecular weight excluding hydrogens is 589 g/mol. The number of aliphatic hydroxyl groups excluding tert-OH is 1. The van der Waals surface area contributed by atoms with Crippen molar-refractivity contribution in [3.63, 3.8) is 0 Å². The largest absolute Gasteiger partial charge is 0.498 e. The molecule has 0 atom stereocenters. The number of aliphatic hydroxyl groups is 1. The molecule has 0 aromatic carbocycles. The Balaban J connectivity index is 0.000000264. The maximum absolute atomic E-state index is 8.84. The summed E-state index contributed by atoms with van der Waals surface area (Å²) >= 11 is 1.38. The third kappa shape index (κ3) is 7.80. The fraction of sp³-hybridized carbons (Fsp3) is 0.750. The van der Waals surface area contributed by atoms with Crippen LogP contribution in [0.5, 0.6) is 0 Å². The molecule has 2 saturated heterocycles. The third-order valence-electron chi connectivity index (χ3n) is 7.11. The van der Waals surface area contributed by atoms with Crippen molar-refractivity contribution in [1.29, 1.82) is 0 Å². The van der Waals surface area contributed by atoms with Gasteiger partial charge >= 0.3 is 14.2 Å². The number of hydrogen-bond acceptors (Lipinski definition) is 8. The molecule has 1 N–H and O–H groups in total. The van der Waals surface area contributed by atoms with Gasteiger partial charge in [-0.15, -0.1) is 0 Å². The van der Waals surface area contributed by atoms with E-state index in [9.17, 15) is 0 Å². The van der Waals surface area contributed by atoms with E-state index < -0.39 is 30.2 Å². The van der Waals surface area contributed by atoms with E-state index >= 15 is 0 Å². The number of alkyl halides is 1. The second kappa shape index (κ2) is 12.9. The third-order valence-corrected chi connectivity index (χ3v) is 7.11. The van der Waals surface area contributed by atoms with E-state index in [2.05, 4.69) is 10.2 Å². The van der Waals surface area contributed by atoms with Gasteiger partial charge in [0.25, 0.3) is 0 Å². The van der Waals surface area contributed by atoms with Gasteiger partial charge in [0.15, 0.2) is 0 Å². The van der Waals surface area contributed by atoms with Gasteiger partial charge in [-0.3, -0.25) is 9.36 Å². The van der Waals surface area contributed by atoms with Gasteiger partial charge in [0, 0.05) is 46.9 Å². The zero-order valence-corrected chi connectivity index (χ0v) is 25.1. The summed E-state index contributed by atoms with van der Waals surface area (Å²) in [5.74, 6) is 0. The standard InChI is InChI=1S/C12H21BN2O3.C11H19BN2O3.CH3I/c1-11(2)12(3,4)18-13(17-11)10-8-14-15(9-10)6-7-16-5;1-10(2)11(3,4)17-12(16-10)9-7-13-14(8-9)5-6-15;1-2/h8-9H,6-7H2,1-5H3;7-8,15H,5-6H2,1-4H3;1H3/i5D3;;1D3. The normalized spacial score (nSPS) is 23.8. The lowest BCUT2D eigenvalue weighted by Gasteiger charge is -2.32. The fourth-order valence-electron chi connectivity index (χ4n) is 3.45. The van der Waals surface area contributed by atoms with Gasteiger partial charge in [-0.05, 0) is 60.2 Å². The van der Waals surface area contributed by atoms with Crippen molar-refractivity contribution in [3.8, 4) is 0 Å². The summed E-state index contributed by atoms with van der Waals surface area (Å²) < 4.78 is 71.3. The van der Waals surface area contributed by atoms with E-state index in [4.69, 9.17) is 36.7 Å². The minimum atomic E-state index is -2.37.